The van der Waals surface area contributed by atoms with E-state index in [0.29, 0.717) is 0 Å². The summed E-state index contributed by atoms with van der Waals surface area (Å²) in [5.74, 6) is 0. The lowest BCUT2D eigenvalue weighted by Crippen LogP contribution is -2.11. The second-order valence-electron chi connectivity index (χ2n) is 37.0. The van der Waals surface area contributed by atoms with Gasteiger partial charge in [-0.05, 0) is 251 Å². The molecule has 144 heavy (non-hydrogen) atoms. The average molecular weight is 1840 g/mol. The van der Waals surface area contributed by atoms with Crippen molar-refractivity contribution in [3.05, 3.63) is 570 Å². The van der Waals surface area contributed by atoms with Gasteiger partial charge in [0.05, 0.1) is 38.8 Å². The number of anilines is 9. The molecule has 0 aliphatic rings. The van der Waals surface area contributed by atoms with Gasteiger partial charge in [-0.15, -0.1) is 0 Å². The Morgan fingerprint density at radius 2 is 0.424 bits per heavy atom. The molecule has 28 rings (SSSR count). The van der Waals surface area contributed by atoms with Crippen LogP contribution in [0.4, 0.5) is 51.2 Å². The predicted octanol–water partition coefficient (Wildman–Crippen LogP) is 38.3. The lowest BCUT2D eigenvalue weighted by atomic mass is 9.98. The van der Waals surface area contributed by atoms with Gasteiger partial charge in [0, 0.05) is 111 Å². The summed E-state index contributed by atoms with van der Waals surface area (Å²) in [6.45, 7) is 0. The largest absolute Gasteiger partial charge is 0.310 e. The highest BCUT2D eigenvalue weighted by atomic mass is 15.2. The van der Waals surface area contributed by atoms with Gasteiger partial charge in [-0.2, -0.15) is 0 Å². The molecule has 0 amide bonds. The summed E-state index contributed by atoms with van der Waals surface area (Å²) in [6.07, 6.45) is 0. The molecule has 0 aliphatic heterocycles. The quantitative estimate of drug-likeness (QED) is 0.0964. The molecule has 0 aliphatic carbocycles. The molecule has 3 aromatic heterocycles. The first kappa shape index (κ1) is 85.3. The summed E-state index contributed by atoms with van der Waals surface area (Å²) >= 11 is 0. The van der Waals surface area contributed by atoms with Gasteiger partial charge >= 0.3 is 0 Å². The van der Waals surface area contributed by atoms with Gasteiger partial charge in [0.15, 0.2) is 0 Å². The van der Waals surface area contributed by atoms with E-state index in [2.05, 4.69) is 599 Å². The molecule has 0 N–H and O–H groups in total. The number of hydrogen-bond acceptors (Lipinski definition) is 3. The smallest absolute Gasteiger partial charge is 0.0782 e. The van der Waals surface area contributed by atoms with E-state index in [1.807, 2.05) is 0 Å². The minimum Gasteiger partial charge on any atom is -0.310 e. The maximum Gasteiger partial charge on any atom is 0.0782 e. The Hall–Kier alpha value is -19.1. The third kappa shape index (κ3) is 15.6. The van der Waals surface area contributed by atoms with Crippen molar-refractivity contribution in [2.24, 2.45) is 0 Å². The standard InChI is InChI=1S/C50H34N2.2C44H30N2/c1-3-12-35(13-4-1)36-22-27-41(28-23-36)51(42-29-24-39(25-30-42)45-21-11-16-37-14-7-9-19-44(37)45)43-31-33-47-48-32-26-38-15-8-10-20-46(38)50(48)52(49(47)34-43)40-17-5-2-6-18-40;1-3-17-36(18-4-1)45(38-21-11-16-34(30-38)35-26-25-31-13-7-8-15-33(31)29-35)42-24-12-23-40-41-28-27-32-14-9-10-22-39(32)43(41)46(44(40)42)37-19-5-2-6-20-37;1-3-15-36(16-4-1)45(38-19-11-14-34(29-38)35-23-22-31-12-7-8-13-33(31)28-35)39-26-24-32-25-27-41-40-20-9-10-21-43(40)46(44(41)42(32)30-39)37-17-5-2-6-18-37/h1-34H;2*1-30H. The topological polar surface area (TPSA) is 24.5 Å². The molecule has 0 saturated heterocycles. The monoisotopic (exact) mass is 1830 g/mol. The molecule has 0 bridgehead atoms. The van der Waals surface area contributed by atoms with Gasteiger partial charge in [0.25, 0.3) is 0 Å². The van der Waals surface area contributed by atoms with E-state index < -0.39 is 0 Å². The van der Waals surface area contributed by atoms with E-state index in [1.165, 1.54) is 175 Å². The van der Waals surface area contributed by atoms with Crippen LogP contribution in [0.2, 0.25) is 0 Å². The van der Waals surface area contributed by atoms with Crippen LogP contribution < -0.4 is 14.7 Å². The van der Waals surface area contributed by atoms with Crippen molar-refractivity contribution in [3.8, 4) is 61.6 Å². The number of aromatic nitrogens is 3. The molecule has 28 aromatic rings. The average Bonchev–Trinajstić information content (AvgIpc) is 1.57. The fourth-order valence-corrected chi connectivity index (χ4v) is 21.9. The first-order chi connectivity index (χ1) is 71.4. The van der Waals surface area contributed by atoms with Crippen LogP contribution in [-0.4, -0.2) is 13.7 Å². The van der Waals surface area contributed by atoms with Gasteiger partial charge in [-0.3, -0.25) is 0 Å². The van der Waals surface area contributed by atoms with Gasteiger partial charge in [0.1, 0.15) is 0 Å². The zero-order valence-corrected chi connectivity index (χ0v) is 79.0. The van der Waals surface area contributed by atoms with Crippen molar-refractivity contribution in [2.75, 3.05) is 14.7 Å². The Morgan fingerprint density at radius 1 is 0.125 bits per heavy atom. The van der Waals surface area contributed by atoms with E-state index in [0.717, 1.165) is 68.2 Å². The minimum atomic E-state index is 1.10. The molecule has 0 radical (unpaired) electrons. The Balaban J connectivity index is 0.000000110. The van der Waals surface area contributed by atoms with E-state index in [1.54, 1.807) is 0 Å². The zero-order chi connectivity index (χ0) is 95.3. The van der Waals surface area contributed by atoms with Gasteiger partial charge in [-0.25, -0.2) is 0 Å². The Bertz CT molecular complexity index is 9690. The molecule has 0 saturated carbocycles. The number of nitrogens with zero attached hydrogens (tertiary/aromatic N) is 6. The van der Waals surface area contributed by atoms with Crippen molar-refractivity contribution in [1.29, 1.82) is 0 Å². The van der Waals surface area contributed by atoms with Gasteiger partial charge in [0.2, 0.25) is 0 Å². The van der Waals surface area contributed by atoms with Crippen LogP contribution in [0.3, 0.4) is 0 Å². The highest BCUT2D eigenvalue weighted by Gasteiger charge is 2.27. The SMILES string of the molecule is c1ccc(-c2ccc(N(c3ccc(-c4cccc5ccccc45)cc3)c3ccc4c5ccc6ccccc6c5n(-c5ccccc5)c4c3)cc2)cc1.c1ccc(N(c2cccc(-c3ccc4ccccc4c3)c2)c2ccc3ccc4c5ccccc5n(-c5ccccc5)c4c3c2)cc1.c1ccc(N(c2cccc(-c3ccc4ccccc4c3)c2)c2cccc3c4ccc5ccccc5c4n(-c4ccccc4)c23)cc1. The molecule has 25 aromatic carbocycles. The Kier molecular flexibility index (Phi) is 21.9. The normalized spacial score (nSPS) is 11.5. The molecule has 6 heteroatoms. The molecular weight excluding hydrogens is 1740 g/mol. The first-order valence-corrected chi connectivity index (χ1v) is 49.4. The molecule has 0 spiro atoms. The van der Waals surface area contributed by atoms with E-state index >= 15 is 0 Å². The van der Waals surface area contributed by atoms with Crippen LogP contribution in [0, 0.1) is 0 Å². The van der Waals surface area contributed by atoms with Crippen LogP contribution in [0.5, 0.6) is 0 Å². The van der Waals surface area contributed by atoms with E-state index in [4.69, 9.17) is 0 Å². The summed E-state index contributed by atoms with van der Waals surface area (Å²) in [5, 5.41) is 22.4. The fraction of sp³-hybridized carbons (Fsp3) is 0. The number of rotatable bonds is 16. The molecule has 3 heterocycles. The lowest BCUT2D eigenvalue weighted by molar-refractivity contribution is 1.17. The molecule has 0 unspecified atom stereocenters. The number of para-hydroxylation sites is 7. The maximum atomic E-state index is 2.46. The Labute approximate surface area is 835 Å². The third-order valence-electron chi connectivity index (χ3n) is 28.6. The molecule has 0 fully saturated rings. The van der Waals surface area contributed by atoms with Crippen LogP contribution in [-0.2, 0) is 0 Å². The van der Waals surface area contributed by atoms with Crippen LogP contribution in [0.15, 0.2) is 570 Å². The summed E-state index contributed by atoms with van der Waals surface area (Å²) in [6, 6.07) is 206. The van der Waals surface area contributed by atoms with Crippen molar-refractivity contribution in [1.82, 2.24) is 13.7 Å². The van der Waals surface area contributed by atoms with Gasteiger partial charge in [-0.1, -0.05) is 413 Å². The molecule has 6 nitrogen and oxygen atoms in total. The third-order valence-corrected chi connectivity index (χ3v) is 28.6. The van der Waals surface area contributed by atoms with E-state index in [-0.39, 0.29) is 0 Å². The minimum absolute atomic E-state index is 1.10. The Morgan fingerprint density at radius 3 is 0.993 bits per heavy atom. The second-order valence-corrected chi connectivity index (χ2v) is 37.0. The summed E-state index contributed by atoms with van der Waals surface area (Å²) in [5.41, 5.74) is 30.3. The summed E-state index contributed by atoms with van der Waals surface area (Å²) in [4.78, 5) is 7.16. The van der Waals surface area contributed by atoms with Crippen molar-refractivity contribution < 1.29 is 0 Å². The second kappa shape index (κ2) is 37.0. The fourth-order valence-electron chi connectivity index (χ4n) is 21.9. The molecular formula is C138H94N6. The lowest BCUT2D eigenvalue weighted by Gasteiger charge is -2.27. The van der Waals surface area contributed by atoms with Crippen molar-refractivity contribution >= 4 is 181 Å². The summed E-state index contributed by atoms with van der Waals surface area (Å²) in [7, 11) is 0. The first-order valence-electron chi connectivity index (χ1n) is 49.4. The maximum absolute atomic E-state index is 2.46. The molecule has 0 atom stereocenters. The van der Waals surface area contributed by atoms with E-state index in [9.17, 15) is 0 Å². The van der Waals surface area contributed by atoms with Crippen molar-refractivity contribution in [3.63, 3.8) is 0 Å². The number of fused-ring (bicyclic) bond motifs is 18. The van der Waals surface area contributed by atoms with Crippen molar-refractivity contribution in [2.45, 2.75) is 0 Å². The van der Waals surface area contributed by atoms with Crippen LogP contribution in [0.25, 0.3) is 192 Å². The molecule has 676 valence electrons. The van der Waals surface area contributed by atoms with Gasteiger partial charge < -0.3 is 28.4 Å². The van der Waals surface area contributed by atoms with Crippen LogP contribution >= 0.6 is 0 Å². The number of hydrogen-bond donors (Lipinski definition) is 0. The predicted molar refractivity (Wildman–Crippen MR) is 613 cm³/mol. The highest BCUT2D eigenvalue weighted by Crippen LogP contribution is 2.50. The van der Waals surface area contributed by atoms with Crippen LogP contribution in [0.1, 0.15) is 0 Å². The number of benzene rings is 25. The zero-order valence-electron chi connectivity index (χ0n) is 79.0. The highest BCUT2D eigenvalue weighted by molar-refractivity contribution is 6.23. The summed E-state index contributed by atoms with van der Waals surface area (Å²) < 4.78 is 7.33.